The summed E-state index contributed by atoms with van der Waals surface area (Å²) in [4.78, 5) is 11.7. The predicted molar refractivity (Wildman–Crippen MR) is 74.5 cm³/mol. The average Bonchev–Trinajstić information content (AvgIpc) is 2.69. The quantitative estimate of drug-likeness (QED) is 0.743. The number of rotatable bonds is 1. The molecule has 0 fully saturated rings. The third-order valence-corrected chi connectivity index (χ3v) is 7.32. The molecule has 0 saturated carbocycles. The summed E-state index contributed by atoms with van der Waals surface area (Å²) in [7, 11) is 0. The van der Waals surface area contributed by atoms with Gasteiger partial charge in [-0.25, -0.2) is 0 Å². The van der Waals surface area contributed by atoms with Crippen molar-refractivity contribution in [3.63, 3.8) is 0 Å². The molecular weight excluding hydrogens is 327 g/mol. The number of carbonyl (C=O) groups is 1. The fourth-order valence-electron chi connectivity index (χ4n) is 1.74. The number of fused-ring (bicyclic) bond motifs is 1. The van der Waals surface area contributed by atoms with Gasteiger partial charge in [0.15, 0.2) is 0 Å². The molecule has 2 aromatic carbocycles. The molecule has 2 aromatic rings. The summed E-state index contributed by atoms with van der Waals surface area (Å²) >= 11 is -1.96. The van der Waals surface area contributed by atoms with Crippen molar-refractivity contribution in [3.8, 4) is 0 Å². The second-order valence-corrected chi connectivity index (χ2v) is 8.16. The predicted octanol–water partition coefficient (Wildman–Crippen LogP) is 3.63. The third kappa shape index (κ3) is 1.84. The Kier molecular flexibility index (Phi) is 2.63. The molecule has 1 aliphatic rings. The Morgan fingerprint density at radius 3 is 2.47 bits per heavy atom. The van der Waals surface area contributed by atoms with Gasteiger partial charge in [-0.1, -0.05) is 0 Å². The summed E-state index contributed by atoms with van der Waals surface area (Å²) in [6, 6.07) is 16.0. The zero-order chi connectivity index (χ0) is 11.8. The van der Waals surface area contributed by atoms with E-state index in [4.69, 9.17) is 3.07 Å². The summed E-state index contributed by atoms with van der Waals surface area (Å²) in [6.45, 7) is 2.06. The van der Waals surface area contributed by atoms with E-state index in [0.717, 1.165) is 9.13 Å². The van der Waals surface area contributed by atoms with Crippen LogP contribution in [0.4, 0.5) is 0 Å². The molecule has 3 heteroatoms. The van der Waals surface area contributed by atoms with Gasteiger partial charge in [0.1, 0.15) is 0 Å². The number of carbonyl (C=O) groups excluding carboxylic acids is 1. The van der Waals surface area contributed by atoms with Crippen LogP contribution < -0.4 is 0 Å². The van der Waals surface area contributed by atoms with Gasteiger partial charge in [-0.15, -0.1) is 0 Å². The Bertz CT molecular complexity index is 575. The van der Waals surface area contributed by atoms with Crippen LogP contribution in [0.25, 0.3) is 0 Å². The Morgan fingerprint density at radius 1 is 1.00 bits per heavy atom. The van der Waals surface area contributed by atoms with Crippen LogP contribution >= 0.6 is 20.2 Å². The first kappa shape index (κ1) is 10.8. The van der Waals surface area contributed by atoms with Gasteiger partial charge < -0.3 is 0 Å². The van der Waals surface area contributed by atoms with Crippen LogP contribution in [0.5, 0.6) is 0 Å². The normalized spacial score (nSPS) is 15.6. The Morgan fingerprint density at radius 2 is 1.71 bits per heavy atom. The van der Waals surface area contributed by atoms with E-state index in [1.165, 1.54) is 9.13 Å². The van der Waals surface area contributed by atoms with Crippen molar-refractivity contribution in [1.29, 1.82) is 0 Å². The first-order valence-corrected chi connectivity index (χ1v) is 8.38. The van der Waals surface area contributed by atoms with E-state index < -0.39 is 20.2 Å². The molecule has 0 atom stereocenters. The van der Waals surface area contributed by atoms with Crippen LogP contribution in [-0.4, -0.2) is 5.97 Å². The molecule has 0 amide bonds. The van der Waals surface area contributed by atoms with E-state index in [1.807, 2.05) is 24.3 Å². The van der Waals surface area contributed by atoms with E-state index in [9.17, 15) is 4.79 Å². The fraction of sp³-hybridized carbons (Fsp3) is 0.0714. The van der Waals surface area contributed by atoms with Crippen LogP contribution in [0, 0.1) is 14.1 Å². The maximum atomic E-state index is 11.7. The van der Waals surface area contributed by atoms with E-state index in [-0.39, 0.29) is 5.97 Å². The van der Waals surface area contributed by atoms with Crippen molar-refractivity contribution in [2.45, 2.75) is 6.92 Å². The second-order valence-electron chi connectivity index (χ2n) is 3.89. The van der Waals surface area contributed by atoms with Crippen molar-refractivity contribution in [3.05, 3.63) is 66.8 Å². The molecule has 86 valence electrons. The Hall–Kier alpha value is -1.36. The van der Waals surface area contributed by atoms with Gasteiger partial charge in [-0.05, 0) is 0 Å². The number of benzene rings is 2. The molecule has 0 aliphatic carbocycles. The molecule has 0 bridgehead atoms. The number of hydrogen-bond donors (Lipinski definition) is 0. The van der Waals surface area contributed by atoms with Gasteiger partial charge in [0.2, 0.25) is 0 Å². The SMILES string of the molecule is Cc1ccc(I2OC(=O)c3ccccc32)cc1. The van der Waals surface area contributed by atoms with Crippen molar-refractivity contribution in [2.75, 3.05) is 0 Å². The first-order valence-electron chi connectivity index (χ1n) is 5.34. The first-order chi connectivity index (χ1) is 8.25. The van der Waals surface area contributed by atoms with Gasteiger partial charge in [0, 0.05) is 0 Å². The van der Waals surface area contributed by atoms with Crippen LogP contribution in [-0.2, 0) is 3.07 Å². The van der Waals surface area contributed by atoms with Gasteiger partial charge in [-0.2, -0.15) is 0 Å². The zero-order valence-corrected chi connectivity index (χ0v) is 11.5. The molecule has 2 nitrogen and oxygen atoms in total. The minimum absolute atomic E-state index is 0.161. The number of halogens is 1. The summed E-state index contributed by atoms with van der Waals surface area (Å²) in [5.74, 6) is -0.161. The Labute approximate surface area is 108 Å². The zero-order valence-electron chi connectivity index (χ0n) is 9.31. The van der Waals surface area contributed by atoms with Gasteiger partial charge in [0.05, 0.1) is 0 Å². The molecule has 0 saturated heterocycles. The van der Waals surface area contributed by atoms with Crippen LogP contribution in [0.2, 0.25) is 0 Å². The second kappa shape index (κ2) is 4.14. The molecule has 1 heterocycles. The van der Waals surface area contributed by atoms with Crippen LogP contribution in [0.1, 0.15) is 15.9 Å². The van der Waals surface area contributed by atoms with Crippen molar-refractivity contribution < 1.29 is 7.86 Å². The van der Waals surface area contributed by atoms with E-state index in [0.29, 0.717) is 0 Å². The molecule has 0 aromatic heterocycles. The molecule has 1 aliphatic heterocycles. The van der Waals surface area contributed by atoms with E-state index >= 15 is 0 Å². The standard InChI is InChI=1S/C14H11IO2/c1-10-6-8-11(9-7-10)15-13-5-3-2-4-12(13)14(16)17-15/h2-9H,1H3. The molecule has 0 radical (unpaired) electrons. The molecule has 0 N–H and O–H groups in total. The summed E-state index contributed by atoms with van der Waals surface area (Å²) in [5, 5.41) is 0. The average molecular weight is 338 g/mol. The van der Waals surface area contributed by atoms with Crippen LogP contribution in [0.3, 0.4) is 0 Å². The molecule has 0 spiro atoms. The molecule has 17 heavy (non-hydrogen) atoms. The summed E-state index contributed by atoms with van der Waals surface area (Å²) in [5.41, 5.74) is 1.97. The maximum absolute atomic E-state index is 11.7. The topological polar surface area (TPSA) is 26.3 Å². The van der Waals surface area contributed by atoms with E-state index in [1.54, 1.807) is 0 Å². The van der Waals surface area contributed by atoms with E-state index in [2.05, 4.69) is 31.2 Å². The van der Waals surface area contributed by atoms with Gasteiger partial charge in [-0.3, -0.25) is 0 Å². The number of aryl methyl sites for hydroxylation is 1. The van der Waals surface area contributed by atoms with Gasteiger partial charge in [0.25, 0.3) is 0 Å². The number of hydrogen-bond acceptors (Lipinski definition) is 2. The molecular formula is C14H11IO2. The summed E-state index contributed by atoms with van der Waals surface area (Å²) in [6.07, 6.45) is 0. The van der Waals surface area contributed by atoms with Crippen molar-refractivity contribution in [1.82, 2.24) is 0 Å². The summed E-state index contributed by atoms with van der Waals surface area (Å²) < 4.78 is 7.87. The molecule has 0 unspecified atom stereocenters. The third-order valence-electron chi connectivity index (χ3n) is 2.63. The molecule has 3 rings (SSSR count). The van der Waals surface area contributed by atoms with Crippen molar-refractivity contribution >= 4 is 26.2 Å². The van der Waals surface area contributed by atoms with Crippen LogP contribution in [0.15, 0.2) is 48.5 Å². The van der Waals surface area contributed by atoms with Crippen molar-refractivity contribution in [2.24, 2.45) is 0 Å². The monoisotopic (exact) mass is 338 g/mol. The fourth-order valence-corrected chi connectivity index (χ4v) is 6.01. The van der Waals surface area contributed by atoms with Gasteiger partial charge >= 0.3 is 108 Å². The Balaban J connectivity index is 2.07. The minimum atomic E-state index is -1.96.